The van der Waals surface area contributed by atoms with Crippen LogP contribution in [-0.4, -0.2) is 23.8 Å². The molecule has 2 N–H and O–H groups in total. The molecule has 3 aromatic rings. The monoisotopic (exact) mass is 519 g/mol. The maximum absolute atomic E-state index is 13.1. The van der Waals surface area contributed by atoms with Crippen LogP contribution in [0.5, 0.6) is 0 Å². The molecular formula is C24H17BrF3NO4. The molecule has 4 rings (SSSR count). The van der Waals surface area contributed by atoms with E-state index in [4.69, 9.17) is 4.74 Å². The van der Waals surface area contributed by atoms with Crippen molar-refractivity contribution in [2.24, 2.45) is 0 Å². The second kappa shape index (κ2) is 8.90. The lowest BCUT2D eigenvalue weighted by atomic mass is 9.98. The number of alkyl carbamates (subject to hydrolysis) is 1. The van der Waals surface area contributed by atoms with Gasteiger partial charge in [-0.25, -0.2) is 9.59 Å². The third-order valence-electron chi connectivity index (χ3n) is 5.43. The fourth-order valence-corrected chi connectivity index (χ4v) is 4.50. The van der Waals surface area contributed by atoms with Crippen molar-refractivity contribution in [3.05, 3.63) is 93.5 Å². The standard InChI is InChI=1S/C24H17BrF3NO4/c25-15-10-13(9-14(11-15)24(26,27)28)21(22(30)31)29-23(32)33-12-20-18-7-3-1-5-16(18)17-6-2-4-8-19(17)20/h1-11,20-21H,12H2,(H,29,32)(H,30,31). The summed E-state index contributed by atoms with van der Waals surface area (Å²) in [7, 11) is 0. The minimum Gasteiger partial charge on any atom is -0.479 e. The molecule has 1 aliphatic rings. The highest BCUT2D eigenvalue weighted by molar-refractivity contribution is 9.10. The molecule has 1 amide bonds. The van der Waals surface area contributed by atoms with Crippen molar-refractivity contribution < 1.29 is 32.6 Å². The first-order valence-electron chi connectivity index (χ1n) is 9.87. The highest BCUT2D eigenvalue weighted by Crippen LogP contribution is 2.44. The molecule has 9 heteroatoms. The van der Waals surface area contributed by atoms with Gasteiger partial charge in [-0.05, 0) is 46.0 Å². The van der Waals surface area contributed by atoms with Gasteiger partial charge in [0, 0.05) is 10.4 Å². The van der Waals surface area contributed by atoms with E-state index in [-0.39, 0.29) is 22.6 Å². The SMILES string of the molecule is O=C(NC(C(=O)O)c1cc(Br)cc(C(F)(F)F)c1)OCC1c2ccccc2-c2ccccc21. The van der Waals surface area contributed by atoms with Gasteiger partial charge in [-0.3, -0.25) is 0 Å². The van der Waals surface area contributed by atoms with Crippen LogP contribution in [0.4, 0.5) is 18.0 Å². The third-order valence-corrected chi connectivity index (χ3v) is 5.89. The number of hydrogen-bond acceptors (Lipinski definition) is 3. The Balaban J connectivity index is 1.52. The largest absolute Gasteiger partial charge is 0.479 e. The van der Waals surface area contributed by atoms with E-state index < -0.39 is 29.8 Å². The summed E-state index contributed by atoms with van der Waals surface area (Å²) in [5, 5.41) is 11.7. The molecule has 1 unspecified atom stereocenters. The average molecular weight is 520 g/mol. The summed E-state index contributed by atoms with van der Waals surface area (Å²) < 4.78 is 44.7. The molecule has 0 aliphatic heterocycles. The number of halogens is 4. The van der Waals surface area contributed by atoms with Crippen molar-refractivity contribution in [3.63, 3.8) is 0 Å². The number of nitrogens with one attached hydrogen (secondary N) is 1. The van der Waals surface area contributed by atoms with Crippen LogP contribution in [0.3, 0.4) is 0 Å². The minimum absolute atomic E-state index is 0.0351. The number of ether oxygens (including phenoxy) is 1. The first-order chi connectivity index (χ1) is 15.6. The molecule has 1 atom stereocenters. The lowest BCUT2D eigenvalue weighted by Crippen LogP contribution is -2.35. The zero-order valence-electron chi connectivity index (χ0n) is 16.9. The number of alkyl halides is 3. The number of rotatable bonds is 5. The van der Waals surface area contributed by atoms with E-state index in [2.05, 4.69) is 21.2 Å². The summed E-state index contributed by atoms with van der Waals surface area (Å²) in [4.78, 5) is 24.2. The van der Waals surface area contributed by atoms with Gasteiger partial charge < -0.3 is 15.2 Å². The fourth-order valence-electron chi connectivity index (χ4n) is 3.99. The van der Waals surface area contributed by atoms with E-state index in [1.807, 2.05) is 48.5 Å². The van der Waals surface area contributed by atoms with Gasteiger partial charge in [-0.15, -0.1) is 0 Å². The van der Waals surface area contributed by atoms with Crippen LogP contribution in [0, 0.1) is 0 Å². The summed E-state index contributed by atoms with van der Waals surface area (Å²) >= 11 is 2.96. The number of fused-ring (bicyclic) bond motifs is 3. The zero-order valence-corrected chi connectivity index (χ0v) is 18.5. The Morgan fingerprint density at radius 1 is 1.00 bits per heavy atom. The quantitative estimate of drug-likeness (QED) is 0.425. The molecular weight excluding hydrogens is 503 g/mol. The van der Waals surface area contributed by atoms with Gasteiger partial charge in [0.25, 0.3) is 0 Å². The molecule has 0 saturated heterocycles. The van der Waals surface area contributed by atoms with Gasteiger partial charge in [0.05, 0.1) is 5.56 Å². The van der Waals surface area contributed by atoms with Crippen LogP contribution in [0.1, 0.15) is 34.2 Å². The van der Waals surface area contributed by atoms with E-state index in [9.17, 15) is 27.9 Å². The van der Waals surface area contributed by atoms with Crippen LogP contribution in [0.15, 0.2) is 71.2 Å². The Bertz CT molecular complexity index is 1180. The van der Waals surface area contributed by atoms with Crippen molar-refractivity contribution in [2.75, 3.05) is 6.61 Å². The van der Waals surface area contributed by atoms with Gasteiger partial charge >= 0.3 is 18.2 Å². The number of carboxylic acids is 1. The maximum atomic E-state index is 13.1. The predicted octanol–water partition coefficient (Wildman–Crippen LogP) is 6.13. The number of carboxylic acid groups (broad SMARTS) is 1. The predicted molar refractivity (Wildman–Crippen MR) is 118 cm³/mol. The molecule has 33 heavy (non-hydrogen) atoms. The molecule has 0 saturated carbocycles. The lowest BCUT2D eigenvalue weighted by Gasteiger charge is -2.19. The molecule has 1 aliphatic carbocycles. The highest BCUT2D eigenvalue weighted by atomic mass is 79.9. The maximum Gasteiger partial charge on any atom is 0.416 e. The van der Waals surface area contributed by atoms with Gasteiger partial charge in [-0.1, -0.05) is 64.5 Å². The Morgan fingerprint density at radius 3 is 2.12 bits per heavy atom. The summed E-state index contributed by atoms with van der Waals surface area (Å²) in [6.45, 7) is -0.0571. The number of aliphatic carboxylic acids is 1. The minimum atomic E-state index is -4.68. The molecule has 0 heterocycles. The summed E-state index contributed by atoms with van der Waals surface area (Å²) in [6, 6.07) is 16.4. The highest BCUT2D eigenvalue weighted by Gasteiger charge is 2.34. The topological polar surface area (TPSA) is 75.6 Å². The first kappa shape index (κ1) is 22.8. The number of carbonyl (C=O) groups excluding carboxylic acids is 1. The van der Waals surface area contributed by atoms with Crippen LogP contribution >= 0.6 is 15.9 Å². The number of carbonyl (C=O) groups is 2. The van der Waals surface area contributed by atoms with Gasteiger partial charge in [0.1, 0.15) is 6.61 Å². The summed E-state index contributed by atoms with van der Waals surface area (Å²) in [5.41, 5.74) is 2.73. The summed E-state index contributed by atoms with van der Waals surface area (Å²) in [5.74, 6) is -1.76. The first-order valence-corrected chi connectivity index (χ1v) is 10.7. The summed E-state index contributed by atoms with van der Waals surface area (Å²) in [6.07, 6.45) is -5.72. The Labute approximate surface area is 195 Å². The zero-order chi connectivity index (χ0) is 23.8. The molecule has 0 spiro atoms. The van der Waals surface area contributed by atoms with E-state index in [0.717, 1.165) is 28.3 Å². The van der Waals surface area contributed by atoms with E-state index >= 15 is 0 Å². The van der Waals surface area contributed by atoms with Crippen molar-refractivity contribution in [2.45, 2.75) is 18.1 Å². The van der Waals surface area contributed by atoms with Crippen LogP contribution in [0.2, 0.25) is 0 Å². The fraction of sp³-hybridized carbons (Fsp3) is 0.167. The second-order valence-electron chi connectivity index (χ2n) is 7.51. The van der Waals surface area contributed by atoms with Crippen molar-refractivity contribution in [3.8, 4) is 11.1 Å². The van der Waals surface area contributed by atoms with Gasteiger partial charge in [0.2, 0.25) is 0 Å². The van der Waals surface area contributed by atoms with Crippen LogP contribution < -0.4 is 5.32 Å². The molecule has 170 valence electrons. The number of benzene rings is 3. The van der Waals surface area contributed by atoms with Crippen molar-refractivity contribution >= 4 is 28.0 Å². The third kappa shape index (κ3) is 4.73. The second-order valence-corrected chi connectivity index (χ2v) is 8.43. The molecule has 0 radical (unpaired) electrons. The average Bonchev–Trinajstić information content (AvgIpc) is 3.08. The molecule has 0 aromatic heterocycles. The molecule has 5 nitrogen and oxygen atoms in total. The normalized spacial score (nSPS) is 13.7. The number of amides is 1. The van der Waals surface area contributed by atoms with Crippen molar-refractivity contribution in [1.82, 2.24) is 5.32 Å². The molecule has 3 aromatic carbocycles. The van der Waals surface area contributed by atoms with Crippen molar-refractivity contribution in [1.29, 1.82) is 0 Å². The Hall–Kier alpha value is -3.33. The van der Waals surface area contributed by atoms with E-state index in [0.29, 0.717) is 6.07 Å². The van der Waals surface area contributed by atoms with Gasteiger partial charge in [0.15, 0.2) is 6.04 Å². The molecule has 0 fully saturated rings. The van der Waals surface area contributed by atoms with Crippen LogP contribution in [0.25, 0.3) is 11.1 Å². The number of hydrogen-bond donors (Lipinski definition) is 2. The Kier molecular flexibility index (Phi) is 6.16. The van der Waals surface area contributed by atoms with E-state index in [1.54, 1.807) is 0 Å². The van der Waals surface area contributed by atoms with E-state index in [1.165, 1.54) is 6.07 Å². The molecule has 0 bridgehead atoms. The Morgan fingerprint density at radius 2 is 1.58 bits per heavy atom. The van der Waals surface area contributed by atoms with Crippen LogP contribution in [-0.2, 0) is 15.7 Å². The smallest absolute Gasteiger partial charge is 0.416 e. The van der Waals surface area contributed by atoms with Gasteiger partial charge in [-0.2, -0.15) is 13.2 Å². The lowest BCUT2D eigenvalue weighted by molar-refractivity contribution is -0.140.